The Morgan fingerprint density at radius 1 is 1.33 bits per heavy atom. The van der Waals surface area contributed by atoms with E-state index in [2.05, 4.69) is 42.5 Å². The van der Waals surface area contributed by atoms with E-state index in [-0.39, 0.29) is 11.9 Å². The van der Waals surface area contributed by atoms with Crippen molar-refractivity contribution in [1.29, 1.82) is 0 Å². The van der Waals surface area contributed by atoms with Gasteiger partial charge in [-0.2, -0.15) is 0 Å². The van der Waals surface area contributed by atoms with E-state index in [0.717, 1.165) is 28.3 Å². The van der Waals surface area contributed by atoms with Crippen LogP contribution in [-0.4, -0.2) is 36.5 Å². The van der Waals surface area contributed by atoms with Crippen LogP contribution in [0.2, 0.25) is 0 Å². The van der Waals surface area contributed by atoms with Gasteiger partial charge in [0, 0.05) is 35.0 Å². The second-order valence-electron chi connectivity index (χ2n) is 4.84. The van der Waals surface area contributed by atoms with Crippen LogP contribution in [-0.2, 0) is 4.79 Å². The van der Waals surface area contributed by atoms with Crippen LogP contribution in [0.25, 0.3) is 0 Å². The zero-order chi connectivity index (χ0) is 15.2. The largest absolute Gasteiger partial charge is 0.343 e. The third kappa shape index (κ3) is 5.00. The molecule has 114 valence electrons. The van der Waals surface area contributed by atoms with Crippen LogP contribution in [0.15, 0.2) is 27.1 Å². The van der Waals surface area contributed by atoms with Gasteiger partial charge in [-0.25, -0.2) is 4.79 Å². The number of nitrogens with zero attached hydrogens (tertiary/aromatic N) is 1. The summed E-state index contributed by atoms with van der Waals surface area (Å²) in [7, 11) is 0. The number of rotatable bonds is 5. The lowest BCUT2D eigenvalue weighted by atomic mass is 10.3. The van der Waals surface area contributed by atoms with Crippen molar-refractivity contribution in [3.8, 4) is 0 Å². The molecule has 5 nitrogen and oxygen atoms in total. The number of halogens is 2. The van der Waals surface area contributed by atoms with E-state index in [0.29, 0.717) is 25.2 Å². The van der Waals surface area contributed by atoms with Crippen molar-refractivity contribution >= 4 is 49.5 Å². The van der Waals surface area contributed by atoms with Crippen LogP contribution >= 0.6 is 31.9 Å². The molecule has 0 aromatic heterocycles. The first kappa shape index (κ1) is 16.3. The Kier molecular flexibility index (Phi) is 6.05. The fourth-order valence-corrected chi connectivity index (χ4v) is 3.32. The Labute approximate surface area is 140 Å². The molecule has 7 heteroatoms. The predicted octanol–water partition coefficient (Wildman–Crippen LogP) is 3.35. The average molecular weight is 419 g/mol. The number of carbonyl (C=O) groups is 2. The highest BCUT2D eigenvalue weighted by Crippen LogP contribution is 2.25. The first-order valence-electron chi connectivity index (χ1n) is 6.84. The van der Waals surface area contributed by atoms with E-state index in [9.17, 15) is 9.59 Å². The number of urea groups is 1. The topological polar surface area (TPSA) is 61.4 Å². The van der Waals surface area contributed by atoms with E-state index >= 15 is 0 Å². The summed E-state index contributed by atoms with van der Waals surface area (Å²) in [6, 6.07) is 5.30. The summed E-state index contributed by atoms with van der Waals surface area (Å²) in [6.07, 6.45) is 2.37. The molecule has 0 aliphatic carbocycles. The number of hydrogen-bond acceptors (Lipinski definition) is 2. The maximum atomic E-state index is 11.8. The molecular weight excluding hydrogens is 402 g/mol. The molecule has 1 aromatic carbocycles. The third-order valence-corrected chi connectivity index (χ3v) is 4.39. The Balaban J connectivity index is 1.68. The van der Waals surface area contributed by atoms with Crippen molar-refractivity contribution in [1.82, 2.24) is 10.2 Å². The number of anilines is 1. The van der Waals surface area contributed by atoms with Crippen LogP contribution in [0.3, 0.4) is 0 Å². The molecule has 0 unspecified atom stereocenters. The predicted molar refractivity (Wildman–Crippen MR) is 89.3 cm³/mol. The van der Waals surface area contributed by atoms with E-state index in [1.54, 1.807) is 0 Å². The van der Waals surface area contributed by atoms with Crippen molar-refractivity contribution in [2.75, 3.05) is 25.0 Å². The summed E-state index contributed by atoms with van der Waals surface area (Å²) in [5.41, 5.74) is 0.713. The van der Waals surface area contributed by atoms with Crippen molar-refractivity contribution < 1.29 is 9.59 Å². The monoisotopic (exact) mass is 417 g/mol. The molecule has 2 N–H and O–H groups in total. The van der Waals surface area contributed by atoms with E-state index in [1.165, 1.54) is 0 Å². The van der Waals surface area contributed by atoms with Crippen molar-refractivity contribution in [2.45, 2.75) is 19.3 Å². The number of nitrogens with one attached hydrogen (secondary N) is 2. The zero-order valence-electron chi connectivity index (χ0n) is 11.5. The standard InChI is InChI=1S/C14H17Br2N3O2/c15-10-4-5-12(11(16)9-10)18-14(21)17-6-2-8-19-7-1-3-13(19)20/h4-5,9H,1-3,6-8H2,(H2,17,18,21). The molecule has 1 heterocycles. The summed E-state index contributed by atoms with van der Waals surface area (Å²) in [4.78, 5) is 25.1. The minimum Gasteiger partial charge on any atom is -0.343 e. The molecule has 1 saturated heterocycles. The van der Waals surface area contributed by atoms with Gasteiger partial charge in [0.15, 0.2) is 0 Å². The summed E-state index contributed by atoms with van der Waals surface area (Å²) >= 11 is 6.75. The fraction of sp³-hybridized carbons (Fsp3) is 0.429. The van der Waals surface area contributed by atoms with Gasteiger partial charge in [0.1, 0.15) is 0 Å². The van der Waals surface area contributed by atoms with Gasteiger partial charge in [-0.15, -0.1) is 0 Å². The fourth-order valence-electron chi connectivity index (χ4n) is 2.17. The highest BCUT2D eigenvalue weighted by Gasteiger charge is 2.19. The van der Waals surface area contributed by atoms with Crippen LogP contribution in [0.4, 0.5) is 10.5 Å². The molecule has 1 aromatic rings. The van der Waals surface area contributed by atoms with Crippen LogP contribution in [0.5, 0.6) is 0 Å². The van der Waals surface area contributed by atoms with Crippen LogP contribution < -0.4 is 10.6 Å². The van der Waals surface area contributed by atoms with E-state index < -0.39 is 0 Å². The smallest absolute Gasteiger partial charge is 0.319 e. The van der Waals surface area contributed by atoms with Gasteiger partial charge in [-0.1, -0.05) is 15.9 Å². The molecule has 1 fully saturated rings. The van der Waals surface area contributed by atoms with Gasteiger partial charge in [-0.3, -0.25) is 4.79 Å². The summed E-state index contributed by atoms with van der Waals surface area (Å²) in [5, 5.41) is 5.57. The minimum absolute atomic E-state index is 0.221. The molecule has 0 radical (unpaired) electrons. The minimum atomic E-state index is -0.245. The molecular formula is C14H17Br2N3O2. The van der Waals surface area contributed by atoms with Gasteiger partial charge >= 0.3 is 6.03 Å². The maximum absolute atomic E-state index is 11.8. The molecule has 1 aliphatic rings. The van der Waals surface area contributed by atoms with Crippen LogP contribution in [0, 0.1) is 0 Å². The van der Waals surface area contributed by atoms with Gasteiger partial charge < -0.3 is 15.5 Å². The highest BCUT2D eigenvalue weighted by molar-refractivity contribution is 9.11. The normalized spacial score (nSPS) is 14.4. The number of likely N-dealkylation sites (tertiary alicyclic amines) is 1. The second-order valence-corrected chi connectivity index (χ2v) is 6.61. The van der Waals surface area contributed by atoms with Gasteiger partial charge in [0.25, 0.3) is 0 Å². The van der Waals surface area contributed by atoms with Gasteiger partial charge in [-0.05, 0) is 47.0 Å². The molecule has 21 heavy (non-hydrogen) atoms. The molecule has 1 aliphatic heterocycles. The van der Waals surface area contributed by atoms with Crippen LogP contribution in [0.1, 0.15) is 19.3 Å². The molecule has 0 bridgehead atoms. The van der Waals surface area contributed by atoms with E-state index in [4.69, 9.17) is 0 Å². The number of hydrogen-bond donors (Lipinski definition) is 2. The summed E-state index contributed by atoms with van der Waals surface area (Å²) < 4.78 is 1.75. The average Bonchev–Trinajstić information content (AvgIpc) is 2.84. The Hall–Kier alpha value is -1.08. The first-order chi connectivity index (χ1) is 10.1. The van der Waals surface area contributed by atoms with Gasteiger partial charge in [0.05, 0.1) is 5.69 Å². The highest BCUT2D eigenvalue weighted by atomic mass is 79.9. The molecule has 3 amide bonds. The lowest BCUT2D eigenvalue weighted by Crippen LogP contribution is -2.33. The molecule has 2 rings (SSSR count). The third-order valence-electron chi connectivity index (χ3n) is 3.24. The lowest BCUT2D eigenvalue weighted by Gasteiger charge is -2.15. The molecule has 0 saturated carbocycles. The Bertz CT molecular complexity index is 537. The Morgan fingerprint density at radius 2 is 2.14 bits per heavy atom. The number of carbonyl (C=O) groups excluding carboxylic acids is 2. The molecule has 0 spiro atoms. The first-order valence-corrected chi connectivity index (χ1v) is 8.42. The zero-order valence-corrected chi connectivity index (χ0v) is 14.7. The summed E-state index contributed by atoms with van der Waals surface area (Å²) in [5.74, 6) is 0.221. The lowest BCUT2D eigenvalue weighted by molar-refractivity contribution is -0.127. The van der Waals surface area contributed by atoms with E-state index in [1.807, 2.05) is 23.1 Å². The van der Waals surface area contributed by atoms with Crippen molar-refractivity contribution in [3.05, 3.63) is 27.1 Å². The Morgan fingerprint density at radius 3 is 2.81 bits per heavy atom. The van der Waals surface area contributed by atoms with Crippen molar-refractivity contribution in [3.63, 3.8) is 0 Å². The quantitative estimate of drug-likeness (QED) is 0.720. The summed E-state index contributed by atoms with van der Waals surface area (Å²) in [6.45, 7) is 2.10. The second kappa shape index (κ2) is 7.79. The number of amides is 3. The SMILES string of the molecule is O=C(NCCCN1CCCC1=O)Nc1ccc(Br)cc1Br. The maximum Gasteiger partial charge on any atom is 0.319 e. The van der Waals surface area contributed by atoms with Crippen molar-refractivity contribution in [2.24, 2.45) is 0 Å². The number of benzene rings is 1. The van der Waals surface area contributed by atoms with Gasteiger partial charge in [0.2, 0.25) is 5.91 Å². The molecule has 0 atom stereocenters.